The third-order valence-corrected chi connectivity index (χ3v) is 3.02. The van der Waals surface area contributed by atoms with Gasteiger partial charge < -0.3 is 9.84 Å². The van der Waals surface area contributed by atoms with Crippen molar-refractivity contribution in [1.82, 2.24) is 20.4 Å². The molecule has 5 nitrogen and oxygen atoms in total. The van der Waals surface area contributed by atoms with Gasteiger partial charge in [0.15, 0.2) is 0 Å². The van der Waals surface area contributed by atoms with Crippen molar-refractivity contribution in [3.05, 3.63) is 29.8 Å². The number of nitrogens with one attached hydrogen (secondary N) is 1. The van der Waals surface area contributed by atoms with E-state index < -0.39 is 0 Å². The summed E-state index contributed by atoms with van der Waals surface area (Å²) in [5, 5.41) is 7.39. The number of aromatic nitrogens is 3. The van der Waals surface area contributed by atoms with Crippen molar-refractivity contribution in [3.8, 4) is 11.5 Å². The predicted octanol–water partition coefficient (Wildman–Crippen LogP) is 2.37. The highest BCUT2D eigenvalue weighted by molar-refractivity contribution is 5.48. The minimum absolute atomic E-state index is 0.378. The van der Waals surface area contributed by atoms with Crippen molar-refractivity contribution in [2.75, 3.05) is 6.54 Å². The van der Waals surface area contributed by atoms with Crippen LogP contribution in [0.3, 0.4) is 0 Å². The molecule has 1 N–H and O–H groups in total. The molecule has 2 heterocycles. The van der Waals surface area contributed by atoms with E-state index in [1.54, 1.807) is 6.20 Å². The molecule has 0 saturated heterocycles. The average molecular weight is 260 g/mol. The minimum atomic E-state index is 0.378. The maximum atomic E-state index is 5.30. The van der Waals surface area contributed by atoms with Crippen LogP contribution in [-0.4, -0.2) is 27.7 Å². The summed E-state index contributed by atoms with van der Waals surface area (Å²) >= 11 is 0. The van der Waals surface area contributed by atoms with Crippen LogP contribution in [0.2, 0.25) is 0 Å². The van der Waals surface area contributed by atoms with Crippen molar-refractivity contribution in [2.45, 2.75) is 39.7 Å². The fourth-order valence-corrected chi connectivity index (χ4v) is 1.96. The van der Waals surface area contributed by atoms with E-state index >= 15 is 0 Å². The summed E-state index contributed by atoms with van der Waals surface area (Å²) in [5.41, 5.74) is 1.89. The number of pyridine rings is 1. The molecule has 0 aliphatic carbocycles. The Hall–Kier alpha value is -1.75. The smallest absolute Gasteiger partial charge is 0.228 e. The van der Waals surface area contributed by atoms with Gasteiger partial charge in [-0.05, 0) is 37.6 Å². The summed E-state index contributed by atoms with van der Waals surface area (Å²) in [6.45, 7) is 7.20. The first-order valence-corrected chi connectivity index (χ1v) is 6.72. The van der Waals surface area contributed by atoms with Gasteiger partial charge in [0.25, 0.3) is 0 Å². The van der Waals surface area contributed by atoms with Gasteiger partial charge >= 0.3 is 0 Å². The first-order valence-electron chi connectivity index (χ1n) is 6.72. The fourth-order valence-electron chi connectivity index (χ4n) is 1.96. The Morgan fingerprint density at radius 2 is 2.21 bits per heavy atom. The van der Waals surface area contributed by atoms with E-state index in [1.165, 1.54) is 0 Å². The zero-order valence-corrected chi connectivity index (χ0v) is 11.7. The van der Waals surface area contributed by atoms with E-state index in [0.717, 1.165) is 30.6 Å². The molecule has 0 fully saturated rings. The molecule has 0 aromatic carbocycles. The molecular formula is C14H20N4O. The highest BCUT2D eigenvalue weighted by Crippen LogP contribution is 2.15. The Balaban J connectivity index is 2.10. The first-order chi connectivity index (χ1) is 9.22. The maximum absolute atomic E-state index is 5.30. The molecular weight excluding hydrogens is 240 g/mol. The van der Waals surface area contributed by atoms with Crippen molar-refractivity contribution >= 4 is 0 Å². The van der Waals surface area contributed by atoms with Crippen molar-refractivity contribution in [1.29, 1.82) is 0 Å². The lowest BCUT2D eigenvalue weighted by Gasteiger charge is -2.12. The van der Waals surface area contributed by atoms with Crippen LogP contribution in [0.25, 0.3) is 11.5 Å². The van der Waals surface area contributed by atoms with E-state index in [4.69, 9.17) is 4.52 Å². The molecule has 102 valence electrons. The molecule has 5 heteroatoms. The number of nitrogens with zero attached hydrogens (tertiary/aromatic N) is 3. The van der Waals surface area contributed by atoms with E-state index in [0.29, 0.717) is 17.8 Å². The van der Waals surface area contributed by atoms with Gasteiger partial charge in [0.05, 0.1) is 0 Å². The van der Waals surface area contributed by atoms with Crippen molar-refractivity contribution < 1.29 is 4.52 Å². The van der Waals surface area contributed by atoms with Crippen LogP contribution in [0.1, 0.15) is 31.7 Å². The van der Waals surface area contributed by atoms with Crippen molar-refractivity contribution in [2.24, 2.45) is 0 Å². The second kappa shape index (κ2) is 6.43. The van der Waals surface area contributed by atoms with Gasteiger partial charge in [-0.1, -0.05) is 19.0 Å². The second-order valence-electron chi connectivity index (χ2n) is 4.60. The first kappa shape index (κ1) is 13.7. The number of likely N-dealkylation sites (N-methyl/N-ethyl adjacent to an activating group) is 1. The topological polar surface area (TPSA) is 63.8 Å². The Labute approximate surface area is 113 Å². The summed E-state index contributed by atoms with van der Waals surface area (Å²) in [7, 11) is 0. The van der Waals surface area contributed by atoms with Crippen LogP contribution >= 0.6 is 0 Å². The van der Waals surface area contributed by atoms with Crippen molar-refractivity contribution in [3.63, 3.8) is 0 Å². The van der Waals surface area contributed by atoms with Gasteiger partial charge in [-0.25, -0.2) is 0 Å². The standard InChI is InChI=1S/C14H20N4O/c1-4-11(15-5-2)9-13-17-14(18-19-13)12-8-10(3)6-7-16-12/h6-8,11,15H,4-5,9H2,1-3H3. The zero-order chi connectivity index (χ0) is 13.7. The highest BCUT2D eigenvalue weighted by atomic mass is 16.5. The molecule has 0 aliphatic rings. The third kappa shape index (κ3) is 3.61. The lowest BCUT2D eigenvalue weighted by Crippen LogP contribution is -2.30. The lowest BCUT2D eigenvalue weighted by atomic mass is 10.1. The molecule has 0 aliphatic heterocycles. The number of hydrogen-bond donors (Lipinski definition) is 1. The number of hydrogen-bond acceptors (Lipinski definition) is 5. The summed E-state index contributed by atoms with van der Waals surface area (Å²) in [5.74, 6) is 1.22. The van der Waals surface area contributed by atoms with E-state index in [1.807, 2.05) is 19.1 Å². The summed E-state index contributed by atoms with van der Waals surface area (Å²) in [6, 6.07) is 4.28. The zero-order valence-electron chi connectivity index (χ0n) is 11.7. The summed E-state index contributed by atoms with van der Waals surface area (Å²) in [4.78, 5) is 8.67. The second-order valence-corrected chi connectivity index (χ2v) is 4.60. The average Bonchev–Trinajstić information content (AvgIpc) is 2.87. The van der Waals surface area contributed by atoms with Crippen LogP contribution < -0.4 is 5.32 Å². The van der Waals surface area contributed by atoms with Gasteiger partial charge in [-0.3, -0.25) is 4.98 Å². The Kier molecular flexibility index (Phi) is 4.63. The van der Waals surface area contributed by atoms with Gasteiger partial charge in [-0.2, -0.15) is 4.98 Å². The van der Waals surface area contributed by atoms with E-state index in [2.05, 4.69) is 34.3 Å². The molecule has 0 spiro atoms. The van der Waals surface area contributed by atoms with Crippen LogP contribution in [0.5, 0.6) is 0 Å². The predicted molar refractivity (Wildman–Crippen MR) is 73.7 cm³/mol. The Morgan fingerprint density at radius 1 is 1.37 bits per heavy atom. The van der Waals surface area contributed by atoms with Crippen LogP contribution in [0.4, 0.5) is 0 Å². The molecule has 0 bridgehead atoms. The lowest BCUT2D eigenvalue weighted by molar-refractivity contribution is 0.355. The molecule has 2 aromatic rings. The SMILES string of the molecule is CCNC(CC)Cc1nc(-c2cc(C)ccn2)no1. The van der Waals surface area contributed by atoms with Gasteiger partial charge in [0.1, 0.15) is 5.69 Å². The van der Waals surface area contributed by atoms with Gasteiger partial charge in [0, 0.05) is 18.7 Å². The number of rotatable bonds is 6. The molecule has 1 unspecified atom stereocenters. The molecule has 19 heavy (non-hydrogen) atoms. The molecule has 0 radical (unpaired) electrons. The quantitative estimate of drug-likeness (QED) is 0.863. The largest absolute Gasteiger partial charge is 0.339 e. The molecule has 0 saturated carbocycles. The normalized spacial score (nSPS) is 12.6. The minimum Gasteiger partial charge on any atom is -0.339 e. The molecule has 2 rings (SSSR count). The molecule has 1 atom stereocenters. The van der Waals surface area contributed by atoms with E-state index in [9.17, 15) is 0 Å². The summed E-state index contributed by atoms with van der Waals surface area (Å²) < 4.78 is 5.30. The summed E-state index contributed by atoms with van der Waals surface area (Å²) in [6.07, 6.45) is 3.55. The van der Waals surface area contributed by atoms with Gasteiger partial charge in [0.2, 0.25) is 11.7 Å². The molecule has 2 aromatic heterocycles. The fraction of sp³-hybridized carbons (Fsp3) is 0.500. The van der Waals surface area contributed by atoms with Crippen LogP contribution in [-0.2, 0) is 6.42 Å². The van der Waals surface area contributed by atoms with Crippen LogP contribution in [0, 0.1) is 6.92 Å². The Bertz CT molecular complexity index is 524. The maximum Gasteiger partial charge on any atom is 0.228 e. The third-order valence-electron chi connectivity index (χ3n) is 3.02. The molecule has 0 amide bonds. The van der Waals surface area contributed by atoms with E-state index in [-0.39, 0.29) is 0 Å². The Morgan fingerprint density at radius 3 is 2.89 bits per heavy atom. The van der Waals surface area contributed by atoms with Gasteiger partial charge in [-0.15, -0.1) is 0 Å². The van der Waals surface area contributed by atoms with Crippen LogP contribution in [0.15, 0.2) is 22.9 Å². The monoisotopic (exact) mass is 260 g/mol. The number of aryl methyl sites for hydroxylation is 1. The highest BCUT2D eigenvalue weighted by Gasteiger charge is 2.13.